The summed E-state index contributed by atoms with van der Waals surface area (Å²) in [4.78, 5) is 72.3. The van der Waals surface area contributed by atoms with Crippen molar-refractivity contribution in [2.75, 3.05) is 39.3 Å². The molecule has 1 N–H and O–H groups in total. The molecule has 5 amide bonds. The van der Waals surface area contributed by atoms with Crippen LogP contribution in [-0.4, -0.2) is 122 Å². The van der Waals surface area contributed by atoms with Gasteiger partial charge < -0.3 is 34.6 Å². The Morgan fingerprint density at radius 3 is 1.47 bits per heavy atom. The van der Waals surface area contributed by atoms with Crippen LogP contribution in [0.2, 0.25) is 10.0 Å². The first kappa shape index (κ1) is 38.4. The molecule has 51 heavy (non-hydrogen) atoms. The van der Waals surface area contributed by atoms with Gasteiger partial charge in [-0.1, -0.05) is 47.5 Å². The lowest BCUT2D eigenvalue weighted by Gasteiger charge is -2.58. The van der Waals surface area contributed by atoms with Crippen LogP contribution in [0.15, 0.2) is 48.5 Å². The first-order valence-electron chi connectivity index (χ1n) is 17.3. The zero-order valence-electron chi connectivity index (χ0n) is 30.4. The van der Waals surface area contributed by atoms with Crippen molar-refractivity contribution in [1.29, 1.82) is 0 Å². The Morgan fingerprint density at radius 2 is 1.12 bits per heavy atom. The predicted molar refractivity (Wildman–Crippen MR) is 194 cm³/mol. The van der Waals surface area contributed by atoms with E-state index in [0.29, 0.717) is 29.7 Å². The van der Waals surface area contributed by atoms with Gasteiger partial charge in [-0.2, -0.15) is 0 Å². The highest BCUT2D eigenvalue weighted by molar-refractivity contribution is 6.30. The SMILES string of the molecule is CC(C)N1CC(=O)N(Cc2ccc(Cl)cc2)C2(CN(C(=O)OC(C)(C)C)C2)C1=O.CC(C)N1CC(=O)N(Cc2ccc(Cl)cc2)C2(CNC2)C1=O. The summed E-state index contributed by atoms with van der Waals surface area (Å²) in [5.74, 6) is -0.197. The molecule has 4 saturated heterocycles. The van der Waals surface area contributed by atoms with Crippen molar-refractivity contribution >= 4 is 52.9 Å². The summed E-state index contributed by atoms with van der Waals surface area (Å²) in [7, 11) is 0. The average Bonchev–Trinajstić information content (AvgIpc) is 3.00. The molecule has 0 aliphatic carbocycles. The molecule has 2 aromatic carbocycles. The third kappa shape index (κ3) is 7.83. The normalized spacial score (nSPS) is 19.8. The number of hydrogen-bond acceptors (Lipinski definition) is 7. The third-order valence-corrected chi connectivity index (χ3v) is 10.2. The lowest BCUT2D eigenvalue weighted by atomic mass is 9.83. The van der Waals surface area contributed by atoms with Crippen molar-refractivity contribution in [3.8, 4) is 0 Å². The predicted octanol–water partition coefficient (Wildman–Crippen LogP) is 4.17. The van der Waals surface area contributed by atoms with Gasteiger partial charge >= 0.3 is 6.09 Å². The maximum Gasteiger partial charge on any atom is 0.410 e. The number of hydrogen-bond donors (Lipinski definition) is 1. The Balaban J connectivity index is 0.000000205. The Morgan fingerprint density at radius 1 is 0.725 bits per heavy atom. The van der Waals surface area contributed by atoms with Crippen molar-refractivity contribution in [3.63, 3.8) is 0 Å². The fourth-order valence-corrected chi connectivity index (χ4v) is 7.01. The molecule has 276 valence electrons. The van der Waals surface area contributed by atoms with E-state index in [4.69, 9.17) is 27.9 Å². The van der Waals surface area contributed by atoms with Gasteiger partial charge in [0.15, 0.2) is 5.54 Å². The smallest absolute Gasteiger partial charge is 0.410 e. The number of benzene rings is 2. The Kier molecular flexibility index (Phi) is 11.0. The van der Waals surface area contributed by atoms with Gasteiger partial charge in [0.25, 0.3) is 11.8 Å². The second-order valence-corrected chi connectivity index (χ2v) is 16.1. The summed E-state index contributed by atoms with van der Waals surface area (Å²) in [5, 5.41) is 4.41. The number of piperazine rings is 2. The molecular weight excluding hydrogens is 695 g/mol. The number of nitrogens with zero attached hydrogens (tertiary/aromatic N) is 5. The molecule has 12 nitrogen and oxygen atoms in total. The van der Waals surface area contributed by atoms with E-state index in [1.807, 2.05) is 52.0 Å². The van der Waals surface area contributed by atoms with E-state index in [9.17, 15) is 24.0 Å². The summed E-state index contributed by atoms with van der Waals surface area (Å²) >= 11 is 11.9. The highest BCUT2D eigenvalue weighted by Gasteiger charge is 2.61. The molecule has 6 rings (SSSR count). The Labute approximate surface area is 309 Å². The topological polar surface area (TPSA) is 123 Å². The lowest BCUT2D eigenvalue weighted by molar-refractivity contribution is -0.180. The van der Waals surface area contributed by atoms with Gasteiger partial charge in [0, 0.05) is 48.3 Å². The number of carbonyl (C=O) groups is 5. The minimum atomic E-state index is -1.06. The van der Waals surface area contributed by atoms with E-state index >= 15 is 0 Å². The van der Waals surface area contributed by atoms with Crippen molar-refractivity contribution < 1.29 is 28.7 Å². The van der Waals surface area contributed by atoms with Crippen LogP contribution in [0.3, 0.4) is 0 Å². The number of carbonyl (C=O) groups excluding carboxylic acids is 5. The largest absolute Gasteiger partial charge is 0.444 e. The molecule has 0 bridgehead atoms. The summed E-state index contributed by atoms with van der Waals surface area (Å²) in [5.41, 5.74) is -0.548. The van der Waals surface area contributed by atoms with Gasteiger partial charge in [-0.05, 0) is 83.9 Å². The van der Waals surface area contributed by atoms with Gasteiger partial charge in [0.2, 0.25) is 11.8 Å². The molecule has 0 saturated carbocycles. The van der Waals surface area contributed by atoms with Crippen molar-refractivity contribution in [2.45, 2.75) is 90.3 Å². The molecule has 2 spiro atoms. The molecule has 0 unspecified atom stereocenters. The second kappa shape index (κ2) is 14.6. The second-order valence-electron chi connectivity index (χ2n) is 15.3. The molecule has 0 atom stereocenters. The number of rotatable bonds is 6. The van der Waals surface area contributed by atoms with Gasteiger partial charge in [0.05, 0.1) is 13.1 Å². The van der Waals surface area contributed by atoms with Crippen LogP contribution in [-0.2, 0) is 37.0 Å². The Hall–Kier alpha value is -3.87. The number of nitrogens with one attached hydrogen (secondary N) is 1. The van der Waals surface area contributed by atoms with Crippen LogP contribution in [0.1, 0.15) is 59.6 Å². The maximum atomic E-state index is 13.4. The zero-order chi connectivity index (χ0) is 37.5. The van der Waals surface area contributed by atoms with Crippen LogP contribution in [0.4, 0.5) is 4.79 Å². The molecule has 2 aromatic rings. The molecule has 4 aliphatic heterocycles. The van der Waals surface area contributed by atoms with Gasteiger partial charge in [-0.3, -0.25) is 19.2 Å². The van der Waals surface area contributed by atoms with Crippen molar-refractivity contribution in [1.82, 2.24) is 29.8 Å². The highest BCUT2D eigenvalue weighted by Crippen LogP contribution is 2.37. The first-order valence-corrected chi connectivity index (χ1v) is 18.0. The molecule has 4 heterocycles. The van der Waals surface area contributed by atoms with Crippen LogP contribution < -0.4 is 5.32 Å². The maximum absolute atomic E-state index is 13.4. The van der Waals surface area contributed by atoms with Crippen molar-refractivity contribution in [2.24, 2.45) is 0 Å². The average molecular weight is 744 g/mol. The first-order chi connectivity index (χ1) is 23.9. The molecule has 0 aromatic heterocycles. The van der Waals surface area contributed by atoms with Crippen LogP contribution in [0, 0.1) is 0 Å². The Bertz CT molecular complexity index is 1650. The van der Waals surface area contributed by atoms with E-state index < -0.39 is 22.8 Å². The zero-order valence-corrected chi connectivity index (χ0v) is 31.9. The number of likely N-dealkylation sites (tertiary alicyclic amines) is 1. The molecule has 14 heteroatoms. The minimum Gasteiger partial charge on any atom is -0.444 e. The molecule has 4 fully saturated rings. The van der Waals surface area contributed by atoms with Gasteiger partial charge in [-0.25, -0.2) is 4.79 Å². The standard InChI is InChI=1S/C21H28ClN3O4.C16H20ClN3O2/c1-14(2)24-11-17(26)25(10-15-6-8-16(22)9-7-15)21(18(24)27)12-23(13-21)19(28)29-20(3,4)5;1-11(2)19-8-14(21)20(16(15(19)22)9-18-10-16)7-12-3-5-13(17)6-4-12/h6-9,14H,10-13H2,1-5H3;3-6,11,18H,7-10H2,1-2H3. The summed E-state index contributed by atoms with van der Waals surface area (Å²) < 4.78 is 5.42. The number of ether oxygens (including phenoxy) is 1. The fraction of sp³-hybridized carbons (Fsp3) is 0.541. The summed E-state index contributed by atoms with van der Waals surface area (Å²) in [6.45, 7) is 15.3. The van der Waals surface area contributed by atoms with E-state index in [0.717, 1.165) is 11.1 Å². The van der Waals surface area contributed by atoms with E-state index in [-0.39, 0.29) is 68.4 Å². The third-order valence-electron chi connectivity index (χ3n) is 9.71. The number of halogens is 2. The molecule has 4 aliphatic rings. The van der Waals surface area contributed by atoms with E-state index in [1.54, 1.807) is 64.6 Å². The van der Waals surface area contributed by atoms with Crippen LogP contribution in [0.5, 0.6) is 0 Å². The van der Waals surface area contributed by atoms with Gasteiger partial charge in [0.1, 0.15) is 24.2 Å². The fourth-order valence-electron chi connectivity index (χ4n) is 6.76. The highest BCUT2D eigenvalue weighted by atomic mass is 35.5. The summed E-state index contributed by atoms with van der Waals surface area (Å²) in [6, 6.07) is 14.5. The lowest BCUT2D eigenvalue weighted by Crippen LogP contribution is -2.81. The minimum absolute atomic E-state index is 0.00440. The monoisotopic (exact) mass is 742 g/mol. The number of amides is 5. The molecule has 0 radical (unpaired) electrons. The summed E-state index contributed by atoms with van der Waals surface area (Å²) in [6.07, 6.45) is -0.475. The van der Waals surface area contributed by atoms with Crippen LogP contribution >= 0.6 is 23.2 Å². The quantitative estimate of drug-likeness (QED) is 0.472. The van der Waals surface area contributed by atoms with E-state index in [1.165, 1.54) is 4.90 Å². The van der Waals surface area contributed by atoms with E-state index in [2.05, 4.69) is 5.32 Å². The molecular formula is C37H48Cl2N6O6. The van der Waals surface area contributed by atoms with Crippen LogP contribution in [0.25, 0.3) is 0 Å². The van der Waals surface area contributed by atoms with Crippen molar-refractivity contribution in [3.05, 3.63) is 69.7 Å². The van der Waals surface area contributed by atoms with Gasteiger partial charge in [-0.15, -0.1) is 0 Å².